The van der Waals surface area contributed by atoms with Gasteiger partial charge in [-0.25, -0.2) is 4.98 Å². The fraction of sp³-hybridized carbons (Fsp3) is 0.400. The Morgan fingerprint density at radius 2 is 2.17 bits per heavy atom. The van der Waals surface area contributed by atoms with E-state index in [4.69, 9.17) is 0 Å². The van der Waals surface area contributed by atoms with Crippen LogP contribution in [-0.2, 0) is 4.74 Å². The van der Waals surface area contributed by atoms with Crippen molar-refractivity contribution < 1.29 is 27.1 Å². The zero-order valence-electron chi connectivity index (χ0n) is 9.13. The molecule has 100 valence electrons. The van der Waals surface area contributed by atoms with E-state index in [0.29, 0.717) is 0 Å². The number of halogens is 4. The average molecular weight is 266 g/mol. The summed E-state index contributed by atoms with van der Waals surface area (Å²) in [5.41, 5.74) is -0.270. The molecule has 0 saturated carbocycles. The van der Waals surface area contributed by atoms with E-state index >= 15 is 0 Å². The summed E-state index contributed by atoms with van der Waals surface area (Å²) in [4.78, 5) is 14.6. The van der Waals surface area contributed by atoms with E-state index in [2.05, 4.69) is 15.0 Å². The molecule has 1 N–H and O–H groups in total. The number of nitrogens with one attached hydrogen (secondary N) is 1. The minimum absolute atomic E-state index is 0.150. The van der Waals surface area contributed by atoms with Crippen LogP contribution in [0.5, 0.6) is 0 Å². The van der Waals surface area contributed by atoms with Crippen molar-refractivity contribution >= 4 is 5.91 Å². The second-order valence-electron chi connectivity index (χ2n) is 3.27. The Morgan fingerprint density at radius 1 is 1.44 bits per heavy atom. The van der Waals surface area contributed by atoms with Gasteiger partial charge in [0.1, 0.15) is 6.61 Å². The van der Waals surface area contributed by atoms with Gasteiger partial charge in [0, 0.05) is 12.7 Å². The molecule has 0 aliphatic rings. The molecule has 1 aromatic rings. The standard InChI is InChI=1S/C10H10F4N2O2/c11-8-7(2-1-3-15-8)9(17)16-4-5-18-6-10(12,13)14/h1-3H,4-6H2,(H,16,17). The van der Waals surface area contributed by atoms with Gasteiger partial charge in [0.05, 0.1) is 12.2 Å². The lowest BCUT2D eigenvalue weighted by atomic mass is 10.2. The molecule has 0 saturated heterocycles. The number of aromatic nitrogens is 1. The highest BCUT2D eigenvalue weighted by atomic mass is 19.4. The van der Waals surface area contributed by atoms with Gasteiger partial charge in [-0.1, -0.05) is 0 Å². The van der Waals surface area contributed by atoms with Crippen LogP contribution in [0.4, 0.5) is 17.6 Å². The molecule has 1 rings (SSSR count). The van der Waals surface area contributed by atoms with Crippen LogP contribution in [0.3, 0.4) is 0 Å². The van der Waals surface area contributed by atoms with E-state index in [0.717, 1.165) is 0 Å². The predicted molar refractivity (Wildman–Crippen MR) is 53.4 cm³/mol. The Bertz CT molecular complexity index is 409. The molecule has 0 aromatic carbocycles. The number of carbonyl (C=O) groups excluding carboxylic acids is 1. The minimum atomic E-state index is -4.40. The van der Waals surface area contributed by atoms with Crippen LogP contribution in [-0.4, -0.2) is 36.8 Å². The van der Waals surface area contributed by atoms with Crippen molar-refractivity contribution in [2.24, 2.45) is 0 Å². The van der Waals surface area contributed by atoms with E-state index in [1.54, 1.807) is 0 Å². The summed E-state index contributed by atoms with van der Waals surface area (Å²) >= 11 is 0. The highest BCUT2D eigenvalue weighted by molar-refractivity contribution is 5.94. The number of hydrogen-bond donors (Lipinski definition) is 1. The number of alkyl halides is 3. The van der Waals surface area contributed by atoms with Crippen LogP contribution in [0.25, 0.3) is 0 Å². The highest BCUT2D eigenvalue weighted by Gasteiger charge is 2.27. The number of hydrogen-bond acceptors (Lipinski definition) is 3. The zero-order chi connectivity index (χ0) is 13.6. The first kappa shape index (κ1) is 14.4. The van der Waals surface area contributed by atoms with Gasteiger partial charge in [0.2, 0.25) is 5.95 Å². The summed E-state index contributed by atoms with van der Waals surface area (Å²) in [6, 6.07) is 2.59. The average Bonchev–Trinajstić information content (AvgIpc) is 2.27. The smallest absolute Gasteiger partial charge is 0.370 e. The van der Waals surface area contributed by atoms with Crippen molar-refractivity contribution in [3.63, 3.8) is 0 Å². The summed E-state index contributed by atoms with van der Waals surface area (Å²) in [6.45, 7) is -1.85. The summed E-state index contributed by atoms with van der Waals surface area (Å²) < 4.78 is 52.4. The molecule has 1 aromatic heterocycles. The first-order valence-electron chi connectivity index (χ1n) is 4.93. The molecule has 8 heteroatoms. The summed E-state index contributed by atoms with van der Waals surface area (Å²) in [5.74, 6) is -1.69. The number of carbonyl (C=O) groups is 1. The van der Waals surface area contributed by atoms with Gasteiger partial charge < -0.3 is 10.1 Å². The van der Waals surface area contributed by atoms with Crippen LogP contribution in [0.2, 0.25) is 0 Å². The molecule has 0 aliphatic heterocycles. The van der Waals surface area contributed by atoms with Gasteiger partial charge in [0.25, 0.3) is 5.91 Å². The third-order valence-electron chi connectivity index (χ3n) is 1.80. The molecule has 4 nitrogen and oxygen atoms in total. The maximum atomic E-state index is 13.0. The van der Waals surface area contributed by atoms with E-state index < -0.39 is 24.6 Å². The maximum Gasteiger partial charge on any atom is 0.411 e. The molecule has 0 spiro atoms. The second kappa shape index (κ2) is 6.29. The van der Waals surface area contributed by atoms with Crippen molar-refractivity contribution in [3.8, 4) is 0 Å². The molecule has 0 bridgehead atoms. The molecule has 0 unspecified atom stereocenters. The molecule has 1 amide bonds. The summed E-state index contributed by atoms with van der Waals surface area (Å²) in [6.07, 6.45) is -3.22. The van der Waals surface area contributed by atoms with Crippen LogP contribution >= 0.6 is 0 Å². The lowest BCUT2D eigenvalue weighted by Gasteiger charge is -2.08. The fourth-order valence-corrected chi connectivity index (χ4v) is 1.08. The Labute approximate surface area is 100.0 Å². The molecule has 18 heavy (non-hydrogen) atoms. The Balaban J connectivity index is 2.28. The lowest BCUT2D eigenvalue weighted by molar-refractivity contribution is -0.173. The SMILES string of the molecule is O=C(NCCOCC(F)(F)F)c1cccnc1F. The molecule has 0 aliphatic carbocycles. The van der Waals surface area contributed by atoms with Gasteiger partial charge in [-0.3, -0.25) is 4.79 Å². The minimum Gasteiger partial charge on any atom is -0.370 e. The molecular formula is C10H10F4N2O2. The van der Waals surface area contributed by atoms with Gasteiger partial charge in [-0.15, -0.1) is 0 Å². The number of amides is 1. The molecule has 1 heterocycles. The molecule has 0 fully saturated rings. The van der Waals surface area contributed by atoms with Crippen LogP contribution in [0.15, 0.2) is 18.3 Å². The Kier molecular flexibility index (Phi) is 5.02. The number of ether oxygens (including phenoxy) is 1. The highest BCUT2D eigenvalue weighted by Crippen LogP contribution is 2.13. The lowest BCUT2D eigenvalue weighted by Crippen LogP contribution is -2.29. The normalized spacial score (nSPS) is 11.3. The zero-order valence-corrected chi connectivity index (χ0v) is 9.13. The van der Waals surface area contributed by atoms with E-state index in [-0.39, 0.29) is 18.7 Å². The fourth-order valence-electron chi connectivity index (χ4n) is 1.08. The summed E-state index contributed by atoms with van der Waals surface area (Å²) in [7, 11) is 0. The first-order chi connectivity index (χ1) is 8.40. The number of rotatable bonds is 5. The van der Waals surface area contributed by atoms with Crippen molar-refractivity contribution in [2.45, 2.75) is 6.18 Å². The van der Waals surface area contributed by atoms with Crippen molar-refractivity contribution in [1.29, 1.82) is 0 Å². The molecule has 0 atom stereocenters. The van der Waals surface area contributed by atoms with Crippen LogP contribution in [0.1, 0.15) is 10.4 Å². The second-order valence-corrected chi connectivity index (χ2v) is 3.27. The van der Waals surface area contributed by atoms with Crippen molar-refractivity contribution in [3.05, 3.63) is 29.8 Å². The van der Waals surface area contributed by atoms with Gasteiger partial charge in [-0.05, 0) is 12.1 Å². The van der Waals surface area contributed by atoms with E-state index in [1.165, 1.54) is 18.3 Å². The van der Waals surface area contributed by atoms with E-state index in [1.807, 2.05) is 0 Å². The maximum absolute atomic E-state index is 13.0. The van der Waals surface area contributed by atoms with Crippen LogP contribution in [0, 0.1) is 5.95 Å². The largest absolute Gasteiger partial charge is 0.411 e. The third kappa shape index (κ3) is 5.09. The van der Waals surface area contributed by atoms with Crippen LogP contribution < -0.4 is 5.32 Å². The van der Waals surface area contributed by atoms with E-state index in [9.17, 15) is 22.4 Å². The van der Waals surface area contributed by atoms with Crippen molar-refractivity contribution in [2.75, 3.05) is 19.8 Å². The van der Waals surface area contributed by atoms with Gasteiger partial charge in [-0.2, -0.15) is 17.6 Å². The summed E-state index contributed by atoms with van der Waals surface area (Å²) in [5, 5.41) is 2.21. The predicted octanol–water partition coefficient (Wildman–Crippen LogP) is 1.53. The van der Waals surface area contributed by atoms with Gasteiger partial charge >= 0.3 is 6.18 Å². The number of pyridine rings is 1. The quantitative estimate of drug-likeness (QED) is 0.499. The molecule has 0 radical (unpaired) electrons. The van der Waals surface area contributed by atoms with Crippen molar-refractivity contribution in [1.82, 2.24) is 10.3 Å². The Hall–Kier alpha value is -1.70. The molecular weight excluding hydrogens is 256 g/mol. The first-order valence-corrected chi connectivity index (χ1v) is 4.93. The third-order valence-corrected chi connectivity index (χ3v) is 1.80. The van der Waals surface area contributed by atoms with Gasteiger partial charge in [0.15, 0.2) is 0 Å². The number of nitrogens with zero attached hydrogens (tertiary/aromatic N) is 1. The monoisotopic (exact) mass is 266 g/mol. The Morgan fingerprint density at radius 3 is 2.78 bits per heavy atom. The topological polar surface area (TPSA) is 51.2 Å².